The van der Waals surface area contributed by atoms with E-state index >= 15 is 0 Å². The second-order valence-corrected chi connectivity index (χ2v) is 5.06. The molecule has 0 aromatic heterocycles. The Morgan fingerprint density at radius 3 is 2.78 bits per heavy atom. The molecule has 0 radical (unpaired) electrons. The lowest BCUT2D eigenvalue weighted by molar-refractivity contribution is -0.137. The van der Waals surface area contributed by atoms with Gasteiger partial charge in [0, 0.05) is 18.1 Å². The van der Waals surface area contributed by atoms with E-state index in [0.717, 1.165) is 15.8 Å². The number of carbonyl (C=O) groups is 1. The molecule has 1 aromatic rings. The van der Waals surface area contributed by atoms with Gasteiger partial charge in [-0.3, -0.25) is 4.79 Å². The molecule has 4 nitrogen and oxygen atoms in total. The minimum atomic E-state index is -0.959. The number of hydrogen-bond donors (Lipinski definition) is 1. The highest BCUT2D eigenvalue weighted by Crippen LogP contribution is 2.23. The van der Waals surface area contributed by atoms with Crippen LogP contribution in [0.25, 0.3) is 0 Å². The second-order valence-electron chi connectivity index (χ2n) is 4.14. The predicted octanol–water partition coefficient (Wildman–Crippen LogP) is 1.84. The van der Waals surface area contributed by atoms with Crippen molar-refractivity contribution in [2.75, 3.05) is 20.7 Å². The standard InChI is InChI=1S/C13H18BrNO3/c1-9(16)13(17)15(2)7-6-10-8-11(14)4-5-12(10)18-3/h4-5,8-9,16H,6-7H2,1-3H3. The number of hydrogen-bond acceptors (Lipinski definition) is 3. The van der Waals surface area contributed by atoms with Crippen LogP contribution in [0.4, 0.5) is 0 Å². The second kappa shape index (κ2) is 6.75. The van der Waals surface area contributed by atoms with Crippen LogP contribution in [0, 0.1) is 0 Å². The number of nitrogens with zero attached hydrogens (tertiary/aromatic N) is 1. The quantitative estimate of drug-likeness (QED) is 0.902. The molecule has 0 spiro atoms. The number of aliphatic hydroxyl groups excluding tert-OH is 1. The summed E-state index contributed by atoms with van der Waals surface area (Å²) in [5, 5.41) is 9.21. The third kappa shape index (κ3) is 3.99. The molecule has 1 atom stereocenters. The lowest BCUT2D eigenvalue weighted by Crippen LogP contribution is -2.36. The number of amides is 1. The Morgan fingerprint density at radius 1 is 1.56 bits per heavy atom. The van der Waals surface area contributed by atoms with Gasteiger partial charge in [-0.1, -0.05) is 15.9 Å². The monoisotopic (exact) mass is 315 g/mol. The summed E-state index contributed by atoms with van der Waals surface area (Å²) in [6.07, 6.45) is -0.281. The van der Waals surface area contributed by atoms with Crippen LogP contribution in [0.3, 0.4) is 0 Å². The highest BCUT2D eigenvalue weighted by atomic mass is 79.9. The van der Waals surface area contributed by atoms with Crippen LogP contribution in [0.2, 0.25) is 0 Å². The summed E-state index contributed by atoms with van der Waals surface area (Å²) in [7, 11) is 3.30. The first-order valence-electron chi connectivity index (χ1n) is 5.71. The van der Waals surface area contributed by atoms with Crippen LogP contribution >= 0.6 is 15.9 Å². The van der Waals surface area contributed by atoms with Crippen LogP contribution in [0.1, 0.15) is 12.5 Å². The summed E-state index contributed by atoms with van der Waals surface area (Å²) < 4.78 is 6.24. The van der Waals surface area contributed by atoms with E-state index in [9.17, 15) is 9.90 Å². The van der Waals surface area contributed by atoms with Gasteiger partial charge in [-0.05, 0) is 37.1 Å². The molecule has 1 unspecified atom stereocenters. The van der Waals surface area contributed by atoms with Crippen LogP contribution in [0.5, 0.6) is 5.75 Å². The number of aliphatic hydroxyl groups is 1. The molecule has 0 aliphatic carbocycles. The van der Waals surface area contributed by atoms with Crippen molar-refractivity contribution in [3.8, 4) is 5.75 Å². The number of likely N-dealkylation sites (N-methyl/N-ethyl adjacent to an activating group) is 1. The molecule has 0 heterocycles. The smallest absolute Gasteiger partial charge is 0.250 e. The first-order chi connectivity index (χ1) is 8.45. The Morgan fingerprint density at radius 2 is 2.22 bits per heavy atom. The van der Waals surface area contributed by atoms with E-state index in [0.29, 0.717) is 13.0 Å². The summed E-state index contributed by atoms with van der Waals surface area (Å²) >= 11 is 3.41. The third-order valence-corrected chi connectivity index (χ3v) is 3.19. The Labute approximate surface area is 116 Å². The van der Waals surface area contributed by atoms with Crippen LogP contribution in [-0.2, 0) is 11.2 Å². The third-order valence-electron chi connectivity index (χ3n) is 2.69. The van der Waals surface area contributed by atoms with Crippen molar-refractivity contribution in [2.24, 2.45) is 0 Å². The average molecular weight is 316 g/mol. The van der Waals surface area contributed by atoms with E-state index in [-0.39, 0.29) is 5.91 Å². The fourth-order valence-electron chi connectivity index (χ4n) is 1.66. The molecule has 1 aromatic carbocycles. The van der Waals surface area contributed by atoms with Crippen molar-refractivity contribution in [3.05, 3.63) is 28.2 Å². The van der Waals surface area contributed by atoms with E-state index in [4.69, 9.17) is 4.74 Å². The molecule has 5 heteroatoms. The van der Waals surface area contributed by atoms with Crippen molar-refractivity contribution in [1.82, 2.24) is 4.90 Å². The predicted molar refractivity (Wildman–Crippen MR) is 73.7 cm³/mol. The number of ether oxygens (including phenoxy) is 1. The maximum absolute atomic E-state index is 11.5. The van der Waals surface area contributed by atoms with Gasteiger partial charge in [-0.25, -0.2) is 0 Å². The normalized spacial score (nSPS) is 12.1. The lowest BCUT2D eigenvalue weighted by atomic mass is 10.1. The molecular weight excluding hydrogens is 298 g/mol. The van der Waals surface area contributed by atoms with Gasteiger partial charge in [0.05, 0.1) is 7.11 Å². The number of halogens is 1. The van der Waals surface area contributed by atoms with Gasteiger partial charge in [0.25, 0.3) is 5.91 Å². The number of carbonyl (C=O) groups excluding carboxylic acids is 1. The molecule has 1 rings (SSSR count). The fraction of sp³-hybridized carbons (Fsp3) is 0.462. The van der Waals surface area contributed by atoms with E-state index < -0.39 is 6.10 Å². The van der Waals surface area contributed by atoms with E-state index in [1.54, 1.807) is 14.2 Å². The summed E-state index contributed by atoms with van der Waals surface area (Å²) in [5.74, 6) is 0.528. The summed E-state index contributed by atoms with van der Waals surface area (Å²) in [6, 6.07) is 5.77. The van der Waals surface area contributed by atoms with Crippen LogP contribution in [-0.4, -0.2) is 42.7 Å². The topological polar surface area (TPSA) is 49.8 Å². The molecule has 0 saturated carbocycles. The van der Waals surface area contributed by atoms with Gasteiger partial charge in [-0.2, -0.15) is 0 Å². The molecule has 0 aliphatic heterocycles. The van der Waals surface area contributed by atoms with Gasteiger partial charge in [0.2, 0.25) is 0 Å². The maximum atomic E-state index is 11.5. The highest BCUT2D eigenvalue weighted by molar-refractivity contribution is 9.10. The van der Waals surface area contributed by atoms with Gasteiger partial charge in [0.15, 0.2) is 0 Å². The van der Waals surface area contributed by atoms with Gasteiger partial charge in [-0.15, -0.1) is 0 Å². The number of rotatable bonds is 5. The van der Waals surface area contributed by atoms with E-state index in [2.05, 4.69) is 15.9 Å². The molecule has 0 saturated heterocycles. The summed E-state index contributed by atoms with van der Waals surface area (Å²) in [6.45, 7) is 2.01. The Hall–Kier alpha value is -1.07. The maximum Gasteiger partial charge on any atom is 0.250 e. The Kier molecular flexibility index (Phi) is 5.62. The van der Waals surface area contributed by atoms with E-state index in [1.165, 1.54) is 11.8 Å². The SMILES string of the molecule is COc1ccc(Br)cc1CCN(C)C(=O)C(C)O. The van der Waals surface area contributed by atoms with Crippen molar-refractivity contribution < 1.29 is 14.6 Å². The average Bonchev–Trinajstić information content (AvgIpc) is 2.35. The van der Waals surface area contributed by atoms with Gasteiger partial charge >= 0.3 is 0 Å². The van der Waals surface area contributed by atoms with Crippen molar-refractivity contribution in [1.29, 1.82) is 0 Å². The molecule has 0 aliphatic rings. The summed E-state index contributed by atoms with van der Waals surface area (Å²) in [5.41, 5.74) is 1.03. The first kappa shape index (κ1) is 15.0. The molecular formula is C13H18BrNO3. The zero-order valence-corrected chi connectivity index (χ0v) is 12.4. The minimum Gasteiger partial charge on any atom is -0.496 e. The Balaban J connectivity index is 2.68. The number of methoxy groups -OCH3 is 1. The van der Waals surface area contributed by atoms with Crippen LogP contribution < -0.4 is 4.74 Å². The van der Waals surface area contributed by atoms with E-state index in [1.807, 2.05) is 18.2 Å². The van der Waals surface area contributed by atoms with Gasteiger partial charge < -0.3 is 14.7 Å². The highest BCUT2D eigenvalue weighted by Gasteiger charge is 2.14. The van der Waals surface area contributed by atoms with Crippen LogP contribution in [0.15, 0.2) is 22.7 Å². The summed E-state index contributed by atoms with van der Waals surface area (Å²) in [4.78, 5) is 13.0. The van der Waals surface area contributed by atoms with Crippen molar-refractivity contribution in [3.63, 3.8) is 0 Å². The zero-order chi connectivity index (χ0) is 13.7. The number of benzene rings is 1. The lowest BCUT2D eigenvalue weighted by Gasteiger charge is -2.19. The van der Waals surface area contributed by atoms with Gasteiger partial charge in [0.1, 0.15) is 11.9 Å². The minimum absolute atomic E-state index is 0.274. The zero-order valence-electron chi connectivity index (χ0n) is 10.8. The van der Waals surface area contributed by atoms with Crippen molar-refractivity contribution in [2.45, 2.75) is 19.4 Å². The first-order valence-corrected chi connectivity index (χ1v) is 6.50. The molecule has 1 amide bonds. The molecule has 1 N–H and O–H groups in total. The molecule has 100 valence electrons. The molecule has 18 heavy (non-hydrogen) atoms. The fourth-order valence-corrected chi connectivity index (χ4v) is 2.07. The largest absolute Gasteiger partial charge is 0.496 e. The Bertz CT molecular complexity index is 421. The molecule has 0 bridgehead atoms. The van der Waals surface area contributed by atoms with Crippen molar-refractivity contribution >= 4 is 21.8 Å². The molecule has 0 fully saturated rings.